The molecule has 0 spiro atoms. The zero-order valence-corrected chi connectivity index (χ0v) is 13.0. The zero-order chi connectivity index (χ0) is 14.5. The maximum Gasteiger partial charge on any atom is 0.136 e. The molecule has 0 unspecified atom stereocenters. The Morgan fingerprint density at radius 3 is 2.65 bits per heavy atom. The van der Waals surface area contributed by atoms with Crippen molar-refractivity contribution in [2.24, 2.45) is 5.92 Å². The van der Waals surface area contributed by atoms with E-state index in [-0.39, 0.29) is 0 Å². The van der Waals surface area contributed by atoms with Crippen LogP contribution in [-0.4, -0.2) is 25.1 Å². The number of hydrogen-bond acceptors (Lipinski definition) is 3. The summed E-state index contributed by atoms with van der Waals surface area (Å²) in [6, 6.07) is 10.7. The first-order chi connectivity index (χ1) is 9.65. The second-order valence-corrected chi connectivity index (χ2v) is 5.62. The van der Waals surface area contributed by atoms with Gasteiger partial charge in [0.25, 0.3) is 0 Å². The van der Waals surface area contributed by atoms with E-state index in [2.05, 4.69) is 61.3 Å². The number of anilines is 1. The van der Waals surface area contributed by atoms with E-state index in [1.165, 1.54) is 10.8 Å². The van der Waals surface area contributed by atoms with Gasteiger partial charge in [-0.2, -0.15) is 0 Å². The predicted molar refractivity (Wildman–Crippen MR) is 87.2 cm³/mol. The van der Waals surface area contributed by atoms with Gasteiger partial charge in [-0.3, -0.25) is 0 Å². The van der Waals surface area contributed by atoms with E-state index < -0.39 is 0 Å². The van der Waals surface area contributed by atoms with Crippen LogP contribution in [-0.2, 0) is 6.54 Å². The summed E-state index contributed by atoms with van der Waals surface area (Å²) < 4.78 is 0. The van der Waals surface area contributed by atoms with Crippen LogP contribution in [0.2, 0.25) is 0 Å². The molecule has 20 heavy (non-hydrogen) atoms. The van der Waals surface area contributed by atoms with Crippen molar-refractivity contribution in [1.82, 2.24) is 10.3 Å². The predicted octanol–water partition coefficient (Wildman–Crippen LogP) is 3.44. The van der Waals surface area contributed by atoms with Crippen LogP contribution >= 0.6 is 0 Å². The maximum atomic E-state index is 4.88. The lowest BCUT2D eigenvalue weighted by Crippen LogP contribution is -2.28. The molecule has 3 heteroatoms. The first-order valence-corrected chi connectivity index (χ1v) is 7.44. The third-order valence-electron chi connectivity index (χ3n) is 3.40. The number of pyridine rings is 1. The highest BCUT2D eigenvalue weighted by molar-refractivity contribution is 5.92. The summed E-state index contributed by atoms with van der Waals surface area (Å²) in [5, 5.41) is 5.71. The normalized spacial score (nSPS) is 11.2. The monoisotopic (exact) mass is 271 g/mol. The van der Waals surface area contributed by atoms with Crippen molar-refractivity contribution in [2.75, 3.05) is 25.0 Å². The molecule has 2 aromatic rings. The zero-order valence-electron chi connectivity index (χ0n) is 13.0. The van der Waals surface area contributed by atoms with Crippen LogP contribution < -0.4 is 10.2 Å². The molecule has 0 fully saturated rings. The smallest absolute Gasteiger partial charge is 0.136 e. The highest BCUT2D eigenvalue weighted by Crippen LogP contribution is 2.26. The van der Waals surface area contributed by atoms with Crippen molar-refractivity contribution < 1.29 is 0 Å². The minimum atomic E-state index is 0.628. The Labute approximate surface area is 122 Å². The molecule has 1 aromatic carbocycles. The molecule has 3 nitrogen and oxygen atoms in total. The van der Waals surface area contributed by atoms with Gasteiger partial charge in [-0.25, -0.2) is 4.98 Å². The van der Waals surface area contributed by atoms with Crippen LogP contribution in [0.3, 0.4) is 0 Å². The van der Waals surface area contributed by atoms with Crippen molar-refractivity contribution >= 4 is 16.6 Å². The minimum absolute atomic E-state index is 0.628. The number of nitrogens with zero attached hydrogens (tertiary/aromatic N) is 2. The molecule has 0 radical (unpaired) electrons. The molecular formula is C17H25N3. The number of nitrogens with one attached hydrogen (secondary N) is 1. The molecule has 1 N–H and O–H groups in total. The van der Waals surface area contributed by atoms with E-state index in [1.54, 1.807) is 0 Å². The van der Waals surface area contributed by atoms with Gasteiger partial charge >= 0.3 is 0 Å². The van der Waals surface area contributed by atoms with Gasteiger partial charge in [0.2, 0.25) is 0 Å². The molecule has 0 aliphatic heterocycles. The van der Waals surface area contributed by atoms with Gasteiger partial charge < -0.3 is 10.2 Å². The molecule has 0 saturated carbocycles. The fourth-order valence-corrected chi connectivity index (χ4v) is 2.55. The van der Waals surface area contributed by atoms with Crippen molar-refractivity contribution in [3.8, 4) is 0 Å². The molecular weight excluding hydrogens is 246 g/mol. The van der Waals surface area contributed by atoms with Crippen LogP contribution in [0.15, 0.2) is 30.3 Å². The van der Waals surface area contributed by atoms with Gasteiger partial charge in [-0.05, 0) is 31.3 Å². The second kappa shape index (κ2) is 6.71. The Kier molecular flexibility index (Phi) is 4.96. The van der Waals surface area contributed by atoms with Crippen LogP contribution in [0.4, 0.5) is 5.82 Å². The molecule has 108 valence electrons. The van der Waals surface area contributed by atoms with Gasteiger partial charge in [0, 0.05) is 25.0 Å². The van der Waals surface area contributed by atoms with E-state index in [0.29, 0.717) is 5.92 Å². The summed E-state index contributed by atoms with van der Waals surface area (Å²) in [4.78, 5) is 7.26. The van der Waals surface area contributed by atoms with Crippen LogP contribution in [0.1, 0.15) is 26.5 Å². The molecule has 0 aliphatic rings. The maximum absolute atomic E-state index is 4.88. The molecule has 0 amide bonds. The van der Waals surface area contributed by atoms with Gasteiger partial charge in [-0.1, -0.05) is 38.1 Å². The third-order valence-corrected chi connectivity index (χ3v) is 3.40. The minimum Gasteiger partial charge on any atom is -0.356 e. The first kappa shape index (κ1) is 14.8. The highest BCUT2D eigenvalue weighted by Gasteiger charge is 2.13. The summed E-state index contributed by atoms with van der Waals surface area (Å²) in [6.45, 7) is 9.53. The number of aromatic nitrogens is 1. The van der Waals surface area contributed by atoms with Crippen molar-refractivity contribution in [3.63, 3.8) is 0 Å². The molecule has 0 aliphatic carbocycles. The van der Waals surface area contributed by atoms with Crippen LogP contribution in [0.5, 0.6) is 0 Å². The fraction of sp³-hybridized carbons (Fsp3) is 0.471. The van der Waals surface area contributed by atoms with Crippen molar-refractivity contribution in [3.05, 3.63) is 36.0 Å². The first-order valence-electron chi connectivity index (χ1n) is 7.44. The second-order valence-electron chi connectivity index (χ2n) is 5.62. The molecule has 1 aromatic heterocycles. The Morgan fingerprint density at radius 2 is 2.00 bits per heavy atom. The number of benzene rings is 1. The fourth-order valence-electron chi connectivity index (χ4n) is 2.55. The molecule has 0 bridgehead atoms. The largest absolute Gasteiger partial charge is 0.356 e. The SMILES string of the molecule is CCN(CC(C)C)c1nc(CNC)cc2ccccc12. The topological polar surface area (TPSA) is 28.2 Å². The Bertz CT molecular complexity index is 563. The van der Waals surface area contributed by atoms with E-state index in [1.807, 2.05) is 7.05 Å². The lowest BCUT2D eigenvalue weighted by molar-refractivity contribution is 0.614. The summed E-state index contributed by atoms with van der Waals surface area (Å²) in [6.07, 6.45) is 0. The average molecular weight is 271 g/mol. The number of hydrogen-bond donors (Lipinski definition) is 1. The van der Waals surface area contributed by atoms with Gasteiger partial charge in [0.1, 0.15) is 5.82 Å². The summed E-state index contributed by atoms with van der Waals surface area (Å²) in [5.41, 5.74) is 1.10. The van der Waals surface area contributed by atoms with E-state index in [9.17, 15) is 0 Å². The quantitative estimate of drug-likeness (QED) is 0.872. The van der Waals surface area contributed by atoms with Crippen LogP contribution in [0.25, 0.3) is 10.8 Å². The van der Waals surface area contributed by atoms with E-state index in [0.717, 1.165) is 31.1 Å². The van der Waals surface area contributed by atoms with E-state index in [4.69, 9.17) is 4.98 Å². The number of fused-ring (bicyclic) bond motifs is 1. The third kappa shape index (κ3) is 3.28. The van der Waals surface area contributed by atoms with Crippen molar-refractivity contribution in [2.45, 2.75) is 27.3 Å². The lowest BCUT2D eigenvalue weighted by atomic mass is 10.1. The molecule has 2 rings (SSSR count). The molecule has 0 atom stereocenters. The summed E-state index contributed by atoms with van der Waals surface area (Å²) >= 11 is 0. The summed E-state index contributed by atoms with van der Waals surface area (Å²) in [5.74, 6) is 1.74. The van der Waals surface area contributed by atoms with Crippen molar-refractivity contribution in [1.29, 1.82) is 0 Å². The Morgan fingerprint density at radius 1 is 1.25 bits per heavy atom. The highest BCUT2D eigenvalue weighted by atomic mass is 15.2. The Hall–Kier alpha value is -1.61. The van der Waals surface area contributed by atoms with Crippen LogP contribution in [0, 0.1) is 5.92 Å². The standard InChI is InChI=1S/C17H25N3/c1-5-20(12-13(2)3)17-16-9-7-6-8-14(16)10-15(19-17)11-18-4/h6-10,13,18H,5,11-12H2,1-4H3. The molecule has 1 heterocycles. The Balaban J connectivity index is 2.52. The van der Waals surface area contributed by atoms with Gasteiger partial charge in [0.15, 0.2) is 0 Å². The number of rotatable bonds is 6. The van der Waals surface area contributed by atoms with Gasteiger partial charge in [0.05, 0.1) is 5.69 Å². The average Bonchev–Trinajstić information content (AvgIpc) is 2.44. The summed E-state index contributed by atoms with van der Waals surface area (Å²) in [7, 11) is 1.96. The molecule has 0 saturated heterocycles. The van der Waals surface area contributed by atoms with E-state index >= 15 is 0 Å². The lowest BCUT2D eigenvalue weighted by Gasteiger charge is -2.26. The van der Waals surface area contributed by atoms with Gasteiger partial charge in [-0.15, -0.1) is 0 Å².